The Kier molecular flexibility index (Phi) is 4.07. The molecular formula is C33H28NO+. The van der Waals surface area contributed by atoms with E-state index in [1.54, 1.807) is 6.20 Å². The highest BCUT2D eigenvalue weighted by molar-refractivity contribution is 6.13. The van der Waals surface area contributed by atoms with Crippen LogP contribution in [0.15, 0.2) is 102 Å². The highest BCUT2D eigenvalue weighted by atomic mass is 16.3. The summed E-state index contributed by atoms with van der Waals surface area (Å²) in [5.74, 6) is 0. The summed E-state index contributed by atoms with van der Waals surface area (Å²) in [4.78, 5) is 0. The summed E-state index contributed by atoms with van der Waals surface area (Å²) in [5.41, 5.74) is 9.39. The second-order valence-corrected chi connectivity index (χ2v) is 9.07. The maximum absolute atomic E-state index is 8.02. The third-order valence-corrected chi connectivity index (χ3v) is 6.77. The molecule has 2 aromatic heterocycles. The summed E-state index contributed by atoms with van der Waals surface area (Å²) in [6.45, 7) is -0.362. The average molecular weight is 459 g/mol. The van der Waals surface area contributed by atoms with Crippen LogP contribution in [0.2, 0.25) is 0 Å². The van der Waals surface area contributed by atoms with Crippen LogP contribution in [-0.4, -0.2) is 0 Å². The van der Waals surface area contributed by atoms with E-state index in [1.807, 2.05) is 42.8 Å². The van der Waals surface area contributed by atoms with Crippen molar-refractivity contribution in [1.29, 1.82) is 0 Å². The smallest absolute Gasteiger partial charge is 0.216 e. The second kappa shape index (κ2) is 8.25. The zero-order valence-corrected chi connectivity index (χ0v) is 19.8. The Bertz CT molecular complexity index is 1850. The summed E-state index contributed by atoms with van der Waals surface area (Å²) in [7, 11) is 1.85. The van der Waals surface area contributed by atoms with Gasteiger partial charge in [0.15, 0.2) is 6.20 Å². The topological polar surface area (TPSA) is 17.0 Å². The number of rotatable bonds is 3. The molecule has 0 aliphatic rings. The highest BCUT2D eigenvalue weighted by Crippen LogP contribution is 2.41. The second-order valence-electron chi connectivity index (χ2n) is 9.07. The molecule has 0 saturated heterocycles. The largest absolute Gasteiger partial charge is 0.454 e. The molecular weight excluding hydrogens is 426 g/mol. The predicted molar refractivity (Wildman–Crippen MR) is 145 cm³/mol. The van der Waals surface area contributed by atoms with E-state index in [2.05, 4.69) is 66.7 Å². The number of pyridine rings is 1. The average Bonchev–Trinajstić information content (AvgIpc) is 3.32. The molecule has 0 atom stereocenters. The Hall–Kier alpha value is -4.17. The van der Waals surface area contributed by atoms with Crippen LogP contribution >= 0.6 is 0 Å². The molecule has 2 heteroatoms. The van der Waals surface area contributed by atoms with Gasteiger partial charge in [0, 0.05) is 33.4 Å². The first-order chi connectivity index (χ1) is 18.8. The minimum Gasteiger partial charge on any atom is -0.454 e. The molecule has 0 aliphatic carbocycles. The lowest BCUT2D eigenvalue weighted by atomic mass is 9.96. The summed E-state index contributed by atoms with van der Waals surface area (Å²) < 4.78 is 40.3. The molecule has 0 spiro atoms. The molecule has 0 amide bonds. The maximum atomic E-state index is 8.02. The van der Waals surface area contributed by atoms with Gasteiger partial charge in [-0.25, -0.2) is 4.57 Å². The number of aromatic nitrogens is 1. The van der Waals surface area contributed by atoms with Crippen molar-refractivity contribution >= 4 is 21.9 Å². The van der Waals surface area contributed by atoms with Crippen LogP contribution in [-0.2, 0) is 7.05 Å². The summed E-state index contributed by atoms with van der Waals surface area (Å²) in [6.07, 6.45) is 1.63. The van der Waals surface area contributed by atoms with Crippen molar-refractivity contribution in [2.45, 2.75) is 20.7 Å². The van der Waals surface area contributed by atoms with Gasteiger partial charge in [-0.1, -0.05) is 78.9 Å². The summed E-state index contributed by atoms with van der Waals surface area (Å²) in [5, 5.41) is 2.02. The van der Waals surface area contributed by atoms with Crippen LogP contribution in [0, 0.1) is 20.7 Å². The van der Waals surface area contributed by atoms with E-state index in [-0.39, 0.29) is 12.5 Å². The maximum Gasteiger partial charge on any atom is 0.216 e. The molecule has 6 rings (SSSR count). The number of hydrogen-bond donors (Lipinski definition) is 0. The molecule has 4 aromatic carbocycles. The van der Waals surface area contributed by atoms with Crippen LogP contribution in [0.25, 0.3) is 55.4 Å². The monoisotopic (exact) mass is 458 g/mol. The lowest BCUT2D eigenvalue weighted by Gasteiger charge is -2.08. The number of fused-ring (bicyclic) bond motifs is 3. The Morgan fingerprint density at radius 3 is 2.29 bits per heavy atom. The zero-order chi connectivity index (χ0) is 27.3. The molecule has 170 valence electrons. The number of benzene rings is 4. The van der Waals surface area contributed by atoms with Crippen molar-refractivity contribution in [2.75, 3.05) is 0 Å². The number of furan rings is 1. The fraction of sp³-hybridized carbons (Fsp3) is 0.121. The first-order valence-corrected chi connectivity index (χ1v) is 11.7. The molecule has 0 aliphatic heterocycles. The van der Waals surface area contributed by atoms with Crippen molar-refractivity contribution < 1.29 is 14.5 Å². The highest BCUT2D eigenvalue weighted by Gasteiger charge is 2.22. The normalized spacial score (nSPS) is 13.4. The minimum absolute atomic E-state index is 0.112. The Labute approximate surface area is 211 Å². The van der Waals surface area contributed by atoms with Gasteiger partial charge < -0.3 is 4.42 Å². The molecule has 0 fully saturated rings. The fourth-order valence-corrected chi connectivity index (χ4v) is 4.94. The van der Waals surface area contributed by atoms with Gasteiger partial charge in [-0.3, -0.25) is 0 Å². The van der Waals surface area contributed by atoms with E-state index in [0.29, 0.717) is 5.56 Å². The van der Waals surface area contributed by atoms with Crippen molar-refractivity contribution in [3.8, 4) is 33.5 Å². The van der Waals surface area contributed by atoms with Gasteiger partial charge in [-0.05, 0) is 54.6 Å². The standard InChI is InChI=1S/C33H28NO/c1-21-16-17-29-28-15-9-14-27(26-13-8-12-25(19-26)24-10-6-5-7-11-24)32(28)35-33(29)31(21)30-18-22(2)23(3)20-34(30)4/h5-20H,1-4H3/q+1/i2D,3D3. The van der Waals surface area contributed by atoms with Gasteiger partial charge in [0.25, 0.3) is 0 Å². The van der Waals surface area contributed by atoms with Crippen LogP contribution in [0.1, 0.15) is 22.2 Å². The molecule has 6 aromatic rings. The molecule has 35 heavy (non-hydrogen) atoms. The molecule has 0 bridgehead atoms. The van der Waals surface area contributed by atoms with E-state index in [1.165, 1.54) is 0 Å². The lowest BCUT2D eigenvalue weighted by molar-refractivity contribution is -0.660. The fourth-order valence-electron chi connectivity index (χ4n) is 4.94. The van der Waals surface area contributed by atoms with E-state index in [4.69, 9.17) is 9.90 Å². The van der Waals surface area contributed by atoms with Crippen molar-refractivity contribution in [2.24, 2.45) is 7.05 Å². The molecule has 0 saturated carbocycles. The van der Waals surface area contributed by atoms with Crippen LogP contribution < -0.4 is 4.57 Å². The SMILES string of the molecule is [2H]Cc1cc(-c2c(C)ccc3c2oc2c(-c4cccc(-c5ccccc5)c4)cccc23)[n+](C)cc1C([2H])([2H])[2H]. The Morgan fingerprint density at radius 1 is 0.686 bits per heavy atom. The van der Waals surface area contributed by atoms with E-state index in [9.17, 15) is 0 Å². The Morgan fingerprint density at radius 2 is 1.46 bits per heavy atom. The van der Waals surface area contributed by atoms with Gasteiger partial charge >= 0.3 is 0 Å². The lowest BCUT2D eigenvalue weighted by Crippen LogP contribution is -2.31. The molecule has 2 nitrogen and oxygen atoms in total. The zero-order valence-electron chi connectivity index (χ0n) is 23.8. The minimum atomic E-state index is -2.28. The number of para-hydroxylation sites is 1. The number of aryl methyl sites for hydroxylation is 4. The van der Waals surface area contributed by atoms with Crippen molar-refractivity contribution in [3.63, 3.8) is 0 Å². The van der Waals surface area contributed by atoms with Crippen LogP contribution in [0.4, 0.5) is 0 Å². The van der Waals surface area contributed by atoms with Gasteiger partial charge in [-0.2, -0.15) is 0 Å². The molecule has 0 unspecified atom stereocenters. The van der Waals surface area contributed by atoms with Crippen LogP contribution in [0.3, 0.4) is 0 Å². The summed E-state index contributed by atoms with van der Waals surface area (Å²) >= 11 is 0. The predicted octanol–water partition coefficient (Wildman–Crippen LogP) is 8.34. The Balaban J connectivity index is 1.58. The van der Waals surface area contributed by atoms with Gasteiger partial charge in [0.1, 0.15) is 18.2 Å². The number of nitrogens with zero attached hydrogens (tertiary/aromatic N) is 1. The summed E-state index contributed by atoms with van der Waals surface area (Å²) in [6, 6.07) is 31.0. The van der Waals surface area contributed by atoms with Gasteiger partial charge in [0.05, 0.1) is 5.56 Å². The van der Waals surface area contributed by atoms with Gasteiger partial charge in [0.2, 0.25) is 5.69 Å². The van der Waals surface area contributed by atoms with E-state index in [0.717, 1.165) is 61.0 Å². The molecule has 0 radical (unpaired) electrons. The first-order valence-electron chi connectivity index (χ1n) is 13.9. The van der Waals surface area contributed by atoms with E-state index >= 15 is 0 Å². The van der Waals surface area contributed by atoms with Gasteiger partial charge in [-0.15, -0.1) is 0 Å². The number of hydrogen-bond acceptors (Lipinski definition) is 1. The first kappa shape index (κ1) is 17.3. The third-order valence-electron chi connectivity index (χ3n) is 6.77. The quantitative estimate of drug-likeness (QED) is 0.244. The van der Waals surface area contributed by atoms with E-state index < -0.39 is 6.85 Å². The van der Waals surface area contributed by atoms with Crippen molar-refractivity contribution in [1.82, 2.24) is 0 Å². The molecule has 0 N–H and O–H groups in total. The third kappa shape index (κ3) is 3.54. The van der Waals surface area contributed by atoms with Crippen LogP contribution in [0.5, 0.6) is 0 Å². The molecule has 2 heterocycles. The van der Waals surface area contributed by atoms with Crippen molar-refractivity contribution in [3.05, 3.63) is 114 Å².